The summed E-state index contributed by atoms with van der Waals surface area (Å²) >= 11 is 1.50. The Bertz CT molecular complexity index is 804. The maximum Gasteiger partial charge on any atom is 0.181 e. The van der Waals surface area contributed by atoms with E-state index in [1.54, 1.807) is 6.20 Å². The quantitative estimate of drug-likeness (QED) is 0.773. The van der Waals surface area contributed by atoms with Crippen molar-refractivity contribution in [2.45, 2.75) is 32.7 Å². The summed E-state index contributed by atoms with van der Waals surface area (Å²) < 4.78 is 1.10. The molecule has 22 heavy (non-hydrogen) atoms. The number of nitrogens with zero attached hydrogens (tertiary/aromatic N) is 3. The topological polar surface area (TPSA) is 76.7 Å². The normalized spacial score (nSPS) is 11.8. The lowest BCUT2D eigenvalue weighted by molar-refractivity contribution is 0.566. The Hall–Kier alpha value is -2.21. The van der Waals surface area contributed by atoms with E-state index in [9.17, 15) is 0 Å². The van der Waals surface area contributed by atoms with Gasteiger partial charge in [0.1, 0.15) is 5.82 Å². The van der Waals surface area contributed by atoms with Crippen LogP contribution in [0.4, 0.5) is 10.9 Å². The summed E-state index contributed by atoms with van der Waals surface area (Å²) in [5, 5.41) is 3.93. The van der Waals surface area contributed by atoms with Gasteiger partial charge in [-0.2, -0.15) is 0 Å². The van der Waals surface area contributed by atoms with E-state index in [0.29, 0.717) is 11.7 Å². The van der Waals surface area contributed by atoms with Gasteiger partial charge >= 0.3 is 0 Å². The second-order valence-corrected chi connectivity index (χ2v) is 7.31. The van der Waals surface area contributed by atoms with Crippen LogP contribution in [-0.4, -0.2) is 15.0 Å². The molecule has 0 spiro atoms. The fourth-order valence-electron chi connectivity index (χ4n) is 2.10. The fourth-order valence-corrected chi connectivity index (χ4v) is 2.90. The van der Waals surface area contributed by atoms with E-state index in [4.69, 9.17) is 5.73 Å². The van der Waals surface area contributed by atoms with Gasteiger partial charge in [-0.25, -0.2) is 9.97 Å². The van der Waals surface area contributed by atoms with Gasteiger partial charge in [0.05, 0.1) is 22.1 Å². The number of hydrogen-bond acceptors (Lipinski definition) is 6. The Morgan fingerprint density at radius 1 is 1.18 bits per heavy atom. The van der Waals surface area contributed by atoms with Gasteiger partial charge in [0, 0.05) is 18.2 Å². The number of aromatic nitrogens is 3. The molecule has 3 N–H and O–H groups in total. The number of benzene rings is 1. The molecule has 1 aromatic carbocycles. The SMILES string of the molecule is CC(C)(C)c1cncc(NCc2ccc3nc(N)sc3c2)n1. The molecular weight excluding hydrogens is 294 g/mol. The third-order valence-corrected chi connectivity index (χ3v) is 4.19. The Kier molecular flexibility index (Phi) is 3.70. The number of hydrogen-bond donors (Lipinski definition) is 2. The first-order chi connectivity index (χ1) is 10.4. The highest BCUT2D eigenvalue weighted by Crippen LogP contribution is 2.25. The number of thiazole rings is 1. The molecule has 0 aliphatic rings. The third-order valence-electron chi connectivity index (χ3n) is 3.35. The van der Waals surface area contributed by atoms with Crippen LogP contribution in [0.3, 0.4) is 0 Å². The molecule has 2 aromatic heterocycles. The van der Waals surface area contributed by atoms with Gasteiger partial charge in [0.2, 0.25) is 0 Å². The molecule has 0 saturated carbocycles. The van der Waals surface area contributed by atoms with Gasteiger partial charge in [0.15, 0.2) is 5.13 Å². The highest BCUT2D eigenvalue weighted by molar-refractivity contribution is 7.22. The maximum atomic E-state index is 5.74. The lowest BCUT2D eigenvalue weighted by Crippen LogP contribution is -2.15. The van der Waals surface area contributed by atoms with Crippen molar-refractivity contribution in [1.29, 1.82) is 0 Å². The van der Waals surface area contributed by atoms with E-state index >= 15 is 0 Å². The predicted octanol–water partition coefficient (Wildman–Crippen LogP) is 3.58. The first kappa shape index (κ1) is 14.7. The van der Waals surface area contributed by atoms with Crippen molar-refractivity contribution in [2.75, 3.05) is 11.1 Å². The van der Waals surface area contributed by atoms with Gasteiger partial charge in [-0.1, -0.05) is 38.2 Å². The lowest BCUT2D eigenvalue weighted by atomic mass is 9.93. The Morgan fingerprint density at radius 2 is 2.00 bits per heavy atom. The molecule has 0 fully saturated rings. The summed E-state index contributed by atoms with van der Waals surface area (Å²) in [6.45, 7) is 7.07. The van der Waals surface area contributed by atoms with Crippen molar-refractivity contribution in [3.8, 4) is 0 Å². The van der Waals surface area contributed by atoms with Crippen LogP contribution in [0.2, 0.25) is 0 Å². The molecule has 6 heteroatoms. The van der Waals surface area contributed by atoms with Crippen LogP contribution in [0.1, 0.15) is 32.0 Å². The molecule has 0 radical (unpaired) electrons. The molecular formula is C16H19N5S. The number of nitrogens with one attached hydrogen (secondary N) is 1. The number of fused-ring (bicyclic) bond motifs is 1. The van der Waals surface area contributed by atoms with E-state index in [1.165, 1.54) is 16.9 Å². The Morgan fingerprint density at radius 3 is 2.77 bits per heavy atom. The van der Waals surface area contributed by atoms with Gasteiger partial charge < -0.3 is 11.1 Å². The van der Waals surface area contributed by atoms with Crippen LogP contribution in [-0.2, 0) is 12.0 Å². The van der Waals surface area contributed by atoms with E-state index < -0.39 is 0 Å². The molecule has 114 valence electrons. The van der Waals surface area contributed by atoms with Gasteiger partial charge in [-0.3, -0.25) is 4.98 Å². The molecule has 0 unspecified atom stereocenters. The second-order valence-electron chi connectivity index (χ2n) is 6.25. The summed E-state index contributed by atoms with van der Waals surface area (Å²) in [4.78, 5) is 13.2. The molecule has 3 aromatic rings. The first-order valence-corrected chi connectivity index (χ1v) is 7.95. The molecule has 5 nitrogen and oxygen atoms in total. The average molecular weight is 313 g/mol. The minimum atomic E-state index is -0.0102. The molecule has 3 rings (SSSR count). The second kappa shape index (κ2) is 5.53. The Balaban J connectivity index is 1.76. The average Bonchev–Trinajstić information content (AvgIpc) is 2.84. The van der Waals surface area contributed by atoms with Crippen LogP contribution in [0.25, 0.3) is 10.2 Å². The minimum absolute atomic E-state index is 0.0102. The van der Waals surface area contributed by atoms with Crippen LogP contribution in [0.5, 0.6) is 0 Å². The smallest absolute Gasteiger partial charge is 0.181 e. The highest BCUT2D eigenvalue weighted by Gasteiger charge is 2.16. The van der Waals surface area contributed by atoms with Crippen LogP contribution < -0.4 is 11.1 Å². The van der Waals surface area contributed by atoms with Crippen molar-refractivity contribution in [1.82, 2.24) is 15.0 Å². The van der Waals surface area contributed by atoms with E-state index in [2.05, 4.69) is 53.2 Å². The van der Waals surface area contributed by atoms with Crippen LogP contribution in [0.15, 0.2) is 30.6 Å². The van der Waals surface area contributed by atoms with E-state index in [-0.39, 0.29) is 5.41 Å². The van der Waals surface area contributed by atoms with Crippen LogP contribution >= 0.6 is 11.3 Å². The molecule has 0 bridgehead atoms. The number of anilines is 2. The monoisotopic (exact) mass is 313 g/mol. The summed E-state index contributed by atoms with van der Waals surface area (Å²) in [7, 11) is 0. The van der Waals surface area contributed by atoms with Crippen molar-refractivity contribution in [3.63, 3.8) is 0 Å². The summed E-state index contributed by atoms with van der Waals surface area (Å²) in [6, 6.07) is 6.16. The number of nitrogen functional groups attached to an aromatic ring is 1. The Labute approximate surface area is 133 Å². The largest absolute Gasteiger partial charge is 0.375 e. The molecule has 0 amide bonds. The van der Waals surface area contributed by atoms with Gasteiger partial charge in [-0.15, -0.1) is 0 Å². The zero-order valence-electron chi connectivity index (χ0n) is 12.9. The summed E-state index contributed by atoms with van der Waals surface area (Å²) in [6.07, 6.45) is 3.57. The van der Waals surface area contributed by atoms with E-state index in [0.717, 1.165) is 21.7 Å². The van der Waals surface area contributed by atoms with Crippen LogP contribution in [0, 0.1) is 0 Å². The van der Waals surface area contributed by atoms with Gasteiger partial charge in [-0.05, 0) is 17.7 Å². The zero-order chi connectivity index (χ0) is 15.7. The first-order valence-electron chi connectivity index (χ1n) is 7.13. The van der Waals surface area contributed by atoms with Crippen molar-refractivity contribution >= 4 is 32.5 Å². The van der Waals surface area contributed by atoms with E-state index in [1.807, 2.05) is 12.3 Å². The lowest BCUT2D eigenvalue weighted by Gasteiger charge is -2.17. The van der Waals surface area contributed by atoms with Crippen molar-refractivity contribution in [3.05, 3.63) is 41.9 Å². The molecule has 0 atom stereocenters. The number of rotatable bonds is 3. The predicted molar refractivity (Wildman–Crippen MR) is 92.1 cm³/mol. The summed E-state index contributed by atoms with van der Waals surface area (Å²) in [5.74, 6) is 0.788. The number of nitrogens with two attached hydrogens (primary N) is 1. The maximum absolute atomic E-state index is 5.74. The zero-order valence-corrected chi connectivity index (χ0v) is 13.7. The molecule has 0 saturated heterocycles. The third kappa shape index (κ3) is 3.17. The molecule has 2 heterocycles. The minimum Gasteiger partial charge on any atom is -0.375 e. The molecule has 0 aliphatic heterocycles. The molecule has 0 aliphatic carbocycles. The highest BCUT2D eigenvalue weighted by atomic mass is 32.1. The summed E-state index contributed by atoms with van der Waals surface area (Å²) in [5.41, 5.74) is 8.81. The van der Waals surface area contributed by atoms with Crippen molar-refractivity contribution in [2.24, 2.45) is 0 Å². The van der Waals surface area contributed by atoms with Gasteiger partial charge in [0.25, 0.3) is 0 Å². The van der Waals surface area contributed by atoms with Crippen molar-refractivity contribution < 1.29 is 0 Å². The standard InChI is InChI=1S/C16H19N5S/c1-16(2,3)13-8-18-9-14(21-13)19-7-10-4-5-11-12(6-10)22-15(17)20-11/h4-6,8-9H,7H2,1-3H3,(H2,17,20)(H,19,21). The fraction of sp³-hybridized carbons (Fsp3) is 0.312.